The normalized spacial score (nSPS) is 25.6. The Balaban J connectivity index is 2.51. The molecule has 1 amide bonds. The van der Waals surface area contributed by atoms with Gasteiger partial charge in [0.25, 0.3) is 0 Å². The van der Waals surface area contributed by atoms with E-state index in [-0.39, 0.29) is 18.0 Å². The van der Waals surface area contributed by atoms with Crippen molar-refractivity contribution in [2.75, 3.05) is 6.54 Å². The van der Waals surface area contributed by atoms with Crippen LogP contribution in [0, 0.1) is 0 Å². The van der Waals surface area contributed by atoms with E-state index < -0.39 is 5.60 Å². The minimum atomic E-state index is -0.799. The predicted molar refractivity (Wildman–Crippen MR) is 59.5 cm³/mol. The quantitative estimate of drug-likeness (QED) is 0.637. The van der Waals surface area contributed by atoms with Crippen LogP contribution in [0.3, 0.4) is 0 Å². The predicted octanol–water partition coefficient (Wildman–Crippen LogP) is 0.404. The number of hydrogen-bond acceptors (Lipinski definition) is 3. The third-order valence-corrected chi connectivity index (χ3v) is 3.05. The lowest BCUT2D eigenvalue weighted by Crippen LogP contribution is -2.53. The standard InChI is InChI=1S/C11H22N2O2/c1-8(11(2,3)15)13-9-6-4-5-7-12-10(9)14/h8-9,13,15H,4-7H2,1-3H3,(H,12,14). The second kappa shape index (κ2) is 4.94. The summed E-state index contributed by atoms with van der Waals surface area (Å²) in [5, 5.41) is 15.8. The topological polar surface area (TPSA) is 61.4 Å². The number of carbonyl (C=O) groups excluding carboxylic acids is 1. The molecule has 0 aromatic heterocycles. The van der Waals surface area contributed by atoms with Gasteiger partial charge in [0.05, 0.1) is 11.6 Å². The Hall–Kier alpha value is -0.610. The van der Waals surface area contributed by atoms with Gasteiger partial charge in [-0.2, -0.15) is 0 Å². The Labute approximate surface area is 91.4 Å². The SMILES string of the molecule is CC(NC1CCCCNC1=O)C(C)(C)O. The first-order valence-electron chi connectivity index (χ1n) is 5.67. The minimum absolute atomic E-state index is 0.0589. The zero-order valence-electron chi connectivity index (χ0n) is 9.84. The Bertz CT molecular complexity index is 223. The Kier molecular flexibility index (Phi) is 4.11. The van der Waals surface area contributed by atoms with Gasteiger partial charge in [0.2, 0.25) is 5.91 Å². The van der Waals surface area contributed by atoms with Crippen molar-refractivity contribution < 1.29 is 9.90 Å². The molecule has 15 heavy (non-hydrogen) atoms. The molecule has 1 rings (SSSR count). The van der Waals surface area contributed by atoms with E-state index in [0.717, 1.165) is 25.8 Å². The second-order valence-corrected chi connectivity index (χ2v) is 4.88. The Morgan fingerprint density at radius 3 is 2.80 bits per heavy atom. The molecule has 1 heterocycles. The van der Waals surface area contributed by atoms with Crippen LogP contribution in [0.4, 0.5) is 0 Å². The molecule has 4 nitrogen and oxygen atoms in total. The molecular weight excluding hydrogens is 192 g/mol. The smallest absolute Gasteiger partial charge is 0.237 e. The van der Waals surface area contributed by atoms with E-state index in [9.17, 15) is 9.90 Å². The molecule has 0 bridgehead atoms. The maximum atomic E-state index is 11.6. The summed E-state index contributed by atoms with van der Waals surface area (Å²) in [4.78, 5) is 11.6. The maximum Gasteiger partial charge on any atom is 0.237 e. The fourth-order valence-electron chi connectivity index (χ4n) is 1.60. The second-order valence-electron chi connectivity index (χ2n) is 4.88. The van der Waals surface area contributed by atoms with Crippen LogP contribution in [-0.2, 0) is 4.79 Å². The molecule has 3 N–H and O–H groups in total. The molecule has 0 spiro atoms. The fraction of sp³-hybridized carbons (Fsp3) is 0.909. The van der Waals surface area contributed by atoms with E-state index in [4.69, 9.17) is 0 Å². The number of nitrogens with one attached hydrogen (secondary N) is 2. The summed E-state index contributed by atoms with van der Waals surface area (Å²) >= 11 is 0. The van der Waals surface area contributed by atoms with E-state index in [0.29, 0.717) is 0 Å². The highest BCUT2D eigenvalue weighted by atomic mass is 16.3. The lowest BCUT2D eigenvalue weighted by atomic mass is 9.99. The van der Waals surface area contributed by atoms with Gasteiger partial charge in [-0.05, 0) is 40.0 Å². The first kappa shape index (κ1) is 12.5. The molecular formula is C11H22N2O2. The van der Waals surface area contributed by atoms with Crippen molar-refractivity contribution in [3.8, 4) is 0 Å². The van der Waals surface area contributed by atoms with Gasteiger partial charge in [0.15, 0.2) is 0 Å². The van der Waals surface area contributed by atoms with Crippen molar-refractivity contribution in [1.29, 1.82) is 0 Å². The van der Waals surface area contributed by atoms with E-state index >= 15 is 0 Å². The summed E-state index contributed by atoms with van der Waals surface area (Å²) in [5.74, 6) is 0.0589. The van der Waals surface area contributed by atoms with Gasteiger partial charge < -0.3 is 15.7 Å². The summed E-state index contributed by atoms with van der Waals surface area (Å²) in [7, 11) is 0. The summed E-state index contributed by atoms with van der Waals surface area (Å²) in [6, 6.07) is -0.250. The molecule has 1 saturated heterocycles. The highest BCUT2D eigenvalue weighted by molar-refractivity contribution is 5.81. The van der Waals surface area contributed by atoms with Gasteiger partial charge in [-0.3, -0.25) is 4.79 Å². The van der Waals surface area contributed by atoms with Crippen LogP contribution >= 0.6 is 0 Å². The largest absolute Gasteiger partial charge is 0.389 e. The zero-order valence-corrected chi connectivity index (χ0v) is 9.84. The van der Waals surface area contributed by atoms with Gasteiger partial charge in [0.1, 0.15) is 0 Å². The summed E-state index contributed by atoms with van der Waals surface area (Å²) in [6.07, 6.45) is 2.95. The van der Waals surface area contributed by atoms with Gasteiger partial charge in [-0.25, -0.2) is 0 Å². The molecule has 2 atom stereocenters. The van der Waals surface area contributed by atoms with Crippen molar-refractivity contribution in [2.24, 2.45) is 0 Å². The Morgan fingerprint density at radius 1 is 1.53 bits per heavy atom. The third-order valence-electron chi connectivity index (χ3n) is 3.05. The van der Waals surface area contributed by atoms with Crippen LogP contribution in [-0.4, -0.2) is 35.2 Å². The van der Waals surface area contributed by atoms with Gasteiger partial charge >= 0.3 is 0 Å². The molecule has 2 unspecified atom stereocenters. The van der Waals surface area contributed by atoms with E-state index in [1.54, 1.807) is 13.8 Å². The summed E-state index contributed by atoms with van der Waals surface area (Å²) < 4.78 is 0. The number of carbonyl (C=O) groups is 1. The third kappa shape index (κ3) is 3.80. The van der Waals surface area contributed by atoms with Crippen LogP contribution in [0.5, 0.6) is 0 Å². The average Bonchev–Trinajstić information content (AvgIpc) is 2.30. The Morgan fingerprint density at radius 2 is 2.20 bits per heavy atom. The van der Waals surface area contributed by atoms with Crippen molar-refractivity contribution in [3.63, 3.8) is 0 Å². The molecule has 1 aliphatic heterocycles. The fourth-order valence-corrected chi connectivity index (χ4v) is 1.60. The lowest BCUT2D eigenvalue weighted by molar-refractivity contribution is -0.123. The van der Waals surface area contributed by atoms with Crippen LogP contribution in [0.25, 0.3) is 0 Å². The summed E-state index contributed by atoms with van der Waals surface area (Å²) in [6.45, 7) is 6.17. The monoisotopic (exact) mass is 214 g/mol. The number of aliphatic hydroxyl groups is 1. The molecule has 1 fully saturated rings. The molecule has 0 aromatic rings. The first-order chi connectivity index (χ1) is 6.91. The zero-order chi connectivity index (χ0) is 11.5. The first-order valence-corrected chi connectivity index (χ1v) is 5.67. The van der Waals surface area contributed by atoms with E-state index in [2.05, 4.69) is 10.6 Å². The molecule has 0 radical (unpaired) electrons. The average molecular weight is 214 g/mol. The highest BCUT2D eigenvalue weighted by Crippen LogP contribution is 2.12. The van der Waals surface area contributed by atoms with Crippen LogP contribution in [0.1, 0.15) is 40.0 Å². The molecule has 1 aliphatic rings. The van der Waals surface area contributed by atoms with Crippen molar-refractivity contribution in [1.82, 2.24) is 10.6 Å². The maximum absolute atomic E-state index is 11.6. The van der Waals surface area contributed by atoms with Crippen molar-refractivity contribution in [3.05, 3.63) is 0 Å². The number of rotatable bonds is 3. The van der Waals surface area contributed by atoms with Gasteiger partial charge in [0, 0.05) is 12.6 Å². The van der Waals surface area contributed by atoms with E-state index in [1.807, 2.05) is 6.92 Å². The molecule has 0 saturated carbocycles. The molecule has 88 valence electrons. The van der Waals surface area contributed by atoms with Gasteiger partial charge in [-0.15, -0.1) is 0 Å². The van der Waals surface area contributed by atoms with Gasteiger partial charge in [-0.1, -0.05) is 0 Å². The summed E-state index contributed by atoms with van der Waals surface area (Å²) in [5.41, 5.74) is -0.799. The number of hydrogen-bond donors (Lipinski definition) is 3. The van der Waals surface area contributed by atoms with Crippen molar-refractivity contribution in [2.45, 2.75) is 57.7 Å². The highest BCUT2D eigenvalue weighted by Gasteiger charge is 2.28. The molecule has 0 aliphatic carbocycles. The van der Waals surface area contributed by atoms with Crippen LogP contribution in [0.15, 0.2) is 0 Å². The van der Waals surface area contributed by atoms with Crippen molar-refractivity contribution >= 4 is 5.91 Å². The molecule has 4 heteroatoms. The van der Waals surface area contributed by atoms with E-state index in [1.165, 1.54) is 0 Å². The minimum Gasteiger partial charge on any atom is -0.389 e. The van der Waals surface area contributed by atoms with Crippen LogP contribution < -0.4 is 10.6 Å². The van der Waals surface area contributed by atoms with Crippen LogP contribution in [0.2, 0.25) is 0 Å². The number of amides is 1. The molecule has 0 aromatic carbocycles. The lowest BCUT2D eigenvalue weighted by Gasteiger charge is -2.30.